The molecule has 1 aromatic rings. The molecule has 3 rings (SSSR count). The van der Waals surface area contributed by atoms with Gasteiger partial charge in [-0.25, -0.2) is 0 Å². The molecule has 4 nitrogen and oxygen atoms in total. The summed E-state index contributed by atoms with van der Waals surface area (Å²) in [6, 6.07) is 8.60. The lowest BCUT2D eigenvalue weighted by Gasteiger charge is -2.26. The third-order valence-electron chi connectivity index (χ3n) is 4.28. The zero-order valence-corrected chi connectivity index (χ0v) is 14.0. The van der Waals surface area contributed by atoms with Gasteiger partial charge in [-0.3, -0.25) is 4.90 Å². The zero-order valence-electron chi connectivity index (χ0n) is 14.0. The Bertz CT molecular complexity index is 576. The molecule has 2 fully saturated rings. The Balaban J connectivity index is 1.55. The van der Waals surface area contributed by atoms with Gasteiger partial charge in [-0.15, -0.1) is 0 Å². The first kappa shape index (κ1) is 16.3. The zero-order chi connectivity index (χ0) is 16.3. The second-order valence-corrected chi connectivity index (χ2v) is 6.53. The molecule has 0 radical (unpaired) electrons. The van der Waals surface area contributed by atoms with Crippen LogP contribution in [-0.2, 0) is 20.6 Å². The highest BCUT2D eigenvalue weighted by atomic mass is 16.7. The average molecular weight is 313 g/mol. The smallest absolute Gasteiger partial charge is 0.534 e. The molecule has 5 heteroatoms. The minimum absolute atomic E-state index is 0.356. The van der Waals surface area contributed by atoms with E-state index in [0.29, 0.717) is 5.76 Å². The van der Waals surface area contributed by atoms with Gasteiger partial charge in [-0.05, 0) is 30.9 Å². The number of benzene rings is 1. The van der Waals surface area contributed by atoms with Gasteiger partial charge in [-0.1, -0.05) is 36.9 Å². The summed E-state index contributed by atoms with van der Waals surface area (Å²) >= 11 is 0. The maximum atomic E-state index is 5.78. The summed E-state index contributed by atoms with van der Waals surface area (Å²) < 4.78 is 16.8. The topological polar surface area (TPSA) is 30.9 Å². The molecule has 2 aliphatic rings. The summed E-state index contributed by atoms with van der Waals surface area (Å²) in [5, 5.41) is 0. The molecular weight excluding hydrogens is 289 g/mol. The van der Waals surface area contributed by atoms with Crippen LogP contribution in [0.2, 0.25) is 0 Å². The van der Waals surface area contributed by atoms with Gasteiger partial charge in [0.15, 0.2) is 0 Å². The molecule has 0 aromatic heterocycles. The van der Waals surface area contributed by atoms with E-state index in [1.165, 1.54) is 5.56 Å². The van der Waals surface area contributed by atoms with Crippen molar-refractivity contribution in [2.24, 2.45) is 0 Å². The normalized spacial score (nSPS) is 21.8. The van der Waals surface area contributed by atoms with Crippen LogP contribution < -0.4 is 0 Å². The number of morpholine rings is 1. The molecule has 2 saturated heterocycles. The quantitative estimate of drug-likeness (QED) is 0.800. The first-order valence-electron chi connectivity index (χ1n) is 8.14. The average Bonchev–Trinajstić information content (AvgIpc) is 2.80. The molecule has 2 heterocycles. The lowest BCUT2D eigenvalue weighted by atomic mass is 9.89. The molecule has 23 heavy (non-hydrogen) atoms. The van der Waals surface area contributed by atoms with Crippen molar-refractivity contribution < 1.29 is 14.0 Å². The molecule has 0 spiro atoms. The molecule has 0 bridgehead atoms. The maximum Gasteiger partial charge on any atom is 0.555 e. The largest absolute Gasteiger partial charge is 0.555 e. The van der Waals surface area contributed by atoms with E-state index in [4.69, 9.17) is 14.0 Å². The van der Waals surface area contributed by atoms with E-state index in [-0.39, 0.29) is 7.12 Å². The fourth-order valence-electron chi connectivity index (χ4n) is 2.68. The fourth-order valence-corrected chi connectivity index (χ4v) is 2.68. The van der Waals surface area contributed by atoms with Crippen molar-refractivity contribution >= 4 is 13.2 Å². The second-order valence-electron chi connectivity index (χ2n) is 6.53. The molecule has 0 unspecified atom stereocenters. The fraction of sp³-hybridized carbons (Fsp3) is 0.444. The number of rotatable bonds is 4. The monoisotopic (exact) mass is 313 g/mol. The first-order valence-corrected chi connectivity index (χ1v) is 8.14. The number of ether oxygens (including phenoxy) is 1. The van der Waals surface area contributed by atoms with Crippen LogP contribution >= 0.6 is 0 Å². The van der Waals surface area contributed by atoms with E-state index in [9.17, 15) is 0 Å². The molecule has 122 valence electrons. The summed E-state index contributed by atoms with van der Waals surface area (Å²) in [5.74, 6) is 2.60. The van der Waals surface area contributed by atoms with Crippen LogP contribution in [0.5, 0.6) is 0 Å². The number of nitrogens with zero attached hydrogens (tertiary/aromatic N) is 1. The summed E-state index contributed by atoms with van der Waals surface area (Å²) in [7, 11) is -0.356. The minimum Gasteiger partial charge on any atom is -0.534 e. The third kappa shape index (κ3) is 4.25. The summed E-state index contributed by atoms with van der Waals surface area (Å²) in [5.41, 5.74) is 2.04. The van der Waals surface area contributed by atoms with Crippen molar-refractivity contribution in [1.82, 2.24) is 4.90 Å². The van der Waals surface area contributed by atoms with E-state index < -0.39 is 5.60 Å². The van der Waals surface area contributed by atoms with E-state index in [0.717, 1.165) is 38.4 Å². The van der Waals surface area contributed by atoms with Crippen LogP contribution in [0.3, 0.4) is 0 Å². The highest BCUT2D eigenvalue weighted by Gasteiger charge is 2.39. The summed E-state index contributed by atoms with van der Waals surface area (Å²) in [6.07, 6.45) is 2.03. The van der Waals surface area contributed by atoms with Crippen molar-refractivity contribution in [3.05, 3.63) is 53.7 Å². The van der Waals surface area contributed by atoms with Crippen LogP contribution in [0.4, 0.5) is 0 Å². The highest BCUT2D eigenvalue weighted by Crippen LogP contribution is 2.29. The lowest BCUT2D eigenvalue weighted by molar-refractivity contribution is 0.0342. The van der Waals surface area contributed by atoms with Crippen molar-refractivity contribution in [2.75, 3.05) is 26.3 Å². The molecule has 0 atom stereocenters. The van der Waals surface area contributed by atoms with Crippen LogP contribution in [0.25, 0.3) is 6.08 Å². The Labute approximate surface area is 138 Å². The highest BCUT2D eigenvalue weighted by molar-refractivity contribution is 6.53. The van der Waals surface area contributed by atoms with Gasteiger partial charge in [-0.2, -0.15) is 0 Å². The van der Waals surface area contributed by atoms with Crippen LogP contribution in [0.15, 0.2) is 42.6 Å². The van der Waals surface area contributed by atoms with Gasteiger partial charge in [0.05, 0.1) is 19.0 Å². The number of hydrogen-bond acceptors (Lipinski definition) is 4. The predicted molar refractivity (Wildman–Crippen MR) is 92.7 cm³/mol. The Hall–Kier alpha value is -1.56. The van der Waals surface area contributed by atoms with Gasteiger partial charge in [0, 0.05) is 19.6 Å². The molecule has 0 N–H and O–H groups in total. The molecule has 0 aliphatic carbocycles. The second kappa shape index (κ2) is 6.91. The van der Waals surface area contributed by atoms with Gasteiger partial charge >= 0.3 is 7.12 Å². The van der Waals surface area contributed by atoms with Gasteiger partial charge in [0.2, 0.25) is 0 Å². The first-order chi connectivity index (χ1) is 11.0. The van der Waals surface area contributed by atoms with E-state index in [1.54, 1.807) is 0 Å². The standard InChI is InChI=1S/C18H24BNO3/c1-15-18(2,3)23-19(22-15)9-8-16-4-6-17(7-5-16)14-20-10-12-21-13-11-20/h4-9H,1,10-14H2,2-3H3/b9-8+. The van der Waals surface area contributed by atoms with E-state index in [2.05, 4.69) is 35.7 Å². The van der Waals surface area contributed by atoms with Gasteiger partial charge in [0.25, 0.3) is 0 Å². The minimum atomic E-state index is -0.420. The summed E-state index contributed by atoms with van der Waals surface area (Å²) in [4.78, 5) is 2.42. The van der Waals surface area contributed by atoms with Crippen molar-refractivity contribution in [1.29, 1.82) is 0 Å². The Morgan fingerprint density at radius 1 is 1.22 bits per heavy atom. The van der Waals surface area contributed by atoms with Gasteiger partial charge in [0.1, 0.15) is 5.60 Å². The Morgan fingerprint density at radius 3 is 2.52 bits per heavy atom. The Kier molecular flexibility index (Phi) is 4.90. The third-order valence-corrected chi connectivity index (χ3v) is 4.28. The lowest BCUT2D eigenvalue weighted by Crippen LogP contribution is -2.35. The van der Waals surface area contributed by atoms with E-state index in [1.807, 2.05) is 25.9 Å². The van der Waals surface area contributed by atoms with Crippen molar-refractivity contribution in [3.8, 4) is 0 Å². The molecule has 2 aliphatic heterocycles. The van der Waals surface area contributed by atoms with Crippen LogP contribution in [0.1, 0.15) is 25.0 Å². The molecular formula is C18H24BNO3. The van der Waals surface area contributed by atoms with E-state index >= 15 is 0 Å². The van der Waals surface area contributed by atoms with Crippen LogP contribution in [-0.4, -0.2) is 43.9 Å². The SMILES string of the molecule is C=C1OB(/C=C/c2ccc(CN3CCOCC3)cc2)OC1(C)C. The Morgan fingerprint density at radius 2 is 1.91 bits per heavy atom. The predicted octanol–water partition coefficient (Wildman–Crippen LogP) is 2.90. The summed E-state index contributed by atoms with van der Waals surface area (Å²) in [6.45, 7) is 12.5. The molecule has 1 aromatic carbocycles. The van der Waals surface area contributed by atoms with Crippen molar-refractivity contribution in [2.45, 2.75) is 26.0 Å². The number of hydrogen-bond donors (Lipinski definition) is 0. The van der Waals surface area contributed by atoms with Gasteiger partial charge < -0.3 is 14.0 Å². The van der Waals surface area contributed by atoms with Crippen molar-refractivity contribution in [3.63, 3.8) is 0 Å². The molecule has 0 amide bonds. The maximum absolute atomic E-state index is 5.78. The molecule has 0 saturated carbocycles. The van der Waals surface area contributed by atoms with Crippen LogP contribution in [0, 0.1) is 0 Å².